The monoisotopic (exact) mass is 194 g/mol. The molecule has 1 heterocycles. The SMILES string of the molecule is O=c1ccn(-c2ccc(Cl)cc2)[nH]1. The highest BCUT2D eigenvalue weighted by Crippen LogP contribution is 2.11. The maximum absolute atomic E-state index is 10.8. The minimum Gasteiger partial charge on any atom is -0.268 e. The second-order valence-electron chi connectivity index (χ2n) is 2.64. The molecule has 2 rings (SSSR count). The molecule has 1 aromatic heterocycles. The number of hydrogen-bond acceptors (Lipinski definition) is 1. The topological polar surface area (TPSA) is 37.8 Å². The first kappa shape index (κ1) is 8.13. The number of H-pyrrole nitrogens is 1. The van der Waals surface area contributed by atoms with Crippen LogP contribution in [-0.4, -0.2) is 9.78 Å². The Kier molecular flexibility index (Phi) is 1.94. The largest absolute Gasteiger partial charge is 0.268 e. The van der Waals surface area contributed by atoms with Gasteiger partial charge in [0.05, 0.1) is 5.69 Å². The summed E-state index contributed by atoms with van der Waals surface area (Å²) in [4.78, 5) is 10.8. The molecule has 0 radical (unpaired) electrons. The van der Waals surface area contributed by atoms with Gasteiger partial charge >= 0.3 is 0 Å². The van der Waals surface area contributed by atoms with E-state index in [1.54, 1.807) is 23.0 Å². The maximum Gasteiger partial charge on any atom is 0.264 e. The van der Waals surface area contributed by atoms with Crippen LogP contribution in [0.4, 0.5) is 0 Å². The molecule has 1 aromatic carbocycles. The third-order valence-electron chi connectivity index (χ3n) is 1.71. The first-order valence-electron chi connectivity index (χ1n) is 3.79. The van der Waals surface area contributed by atoms with Gasteiger partial charge in [-0.15, -0.1) is 0 Å². The fourth-order valence-corrected chi connectivity index (χ4v) is 1.21. The zero-order valence-corrected chi connectivity index (χ0v) is 7.45. The maximum atomic E-state index is 10.8. The lowest BCUT2D eigenvalue weighted by molar-refractivity contribution is 0.864. The quantitative estimate of drug-likeness (QED) is 0.739. The second kappa shape index (κ2) is 3.11. The molecule has 0 atom stereocenters. The summed E-state index contributed by atoms with van der Waals surface area (Å²) in [5, 5.41) is 3.31. The van der Waals surface area contributed by atoms with E-state index in [2.05, 4.69) is 5.10 Å². The standard InChI is InChI=1S/C9H7ClN2O/c10-7-1-3-8(4-2-7)12-6-5-9(13)11-12/h1-6H,(H,11,13). The van der Waals surface area contributed by atoms with E-state index in [1.165, 1.54) is 6.07 Å². The van der Waals surface area contributed by atoms with Crippen molar-refractivity contribution < 1.29 is 0 Å². The molecule has 1 N–H and O–H groups in total. The van der Waals surface area contributed by atoms with Gasteiger partial charge in [-0.1, -0.05) is 11.6 Å². The molecule has 3 nitrogen and oxygen atoms in total. The Hall–Kier alpha value is -1.48. The summed E-state index contributed by atoms with van der Waals surface area (Å²) in [6, 6.07) is 8.68. The number of aromatic nitrogens is 2. The third-order valence-corrected chi connectivity index (χ3v) is 1.96. The normalized spacial score (nSPS) is 10.2. The Morgan fingerprint density at radius 3 is 2.38 bits per heavy atom. The number of nitrogens with zero attached hydrogens (tertiary/aromatic N) is 1. The molecular weight excluding hydrogens is 188 g/mol. The van der Waals surface area contributed by atoms with Crippen LogP contribution < -0.4 is 5.56 Å². The van der Waals surface area contributed by atoms with Crippen molar-refractivity contribution >= 4 is 11.6 Å². The van der Waals surface area contributed by atoms with Gasteiger partial charge in [0.2, 0.25) is 0 Å². The van der Waals surface area contributed by atoms with E-state index in [-0.39, 0.29) is 5.56 Å². The van der Waals surface area contributed by atoms with Crippen molar-refractivity contribution in [2.24, 2.45) is 0 Å². The molecule has 0 saturated carbocycles. The minimum atomic E-state index is -0.116. The van der Waals surface area contributed by atoms with Gasteiger partial charge in [-0.3, -0.25) is 14.6 Å². The summed E-state index contributed by atoms with van der Waals surface area (Å²) in [5.41, 5.74) is 0.765. The smallest absolute Gasteiger partial charge is 0.264 e. The van der Waals surface area contributed by atoms with E-state index in [1.807, 2.05) is 12.1 Å². The van der Waals surface area contributed by atoms with Crippen molar-refractivity contribution in [3.05, 3.63) is 51.9 Å². The molecule has 0 aliphatic carbocycles. The molecule has 0 amide bonds. The number of hydrogen-bond donors (Lipinski definition) is 1. The summed E-state index contributed by atoms with van der Waals surface area (Å²) in [6.07, 6.45) is 1.67. The molecule has 13 heavy (non-hydrogen) atoms. The molecule has 4 heteroatoms. The first-order valence-corrected chi connectivity index (χ1v) is 4.17. The number of aromatic amines is 1. The number of halogens is 1. The predicted molar refractivity (Wildman–Crippen MR) is 51.4 cm³/mol. The summed E-state index contributed by atoms with van der Waals surface area (Å²) < 4.78 is 1.64. The summed E-state index contributed by atoms with van der Waals surface area (Å²) >= 11 is 5.72. The fourth-order valence-electron chi connectivity index (χ4n) is 1.09. The molecular formula is C9H7ClN2O. The zero-order valence-electron chi connectivity index (χ0n) is 6.70. The van der Waals surface area contributed by atoms with Crippen LogP contribution in [0.5, 0.6) is 0 Å². The highest BCUT2D eigenvalue weighted by atomic mass is 35.5. The van der Waals surface area contributed by atoms with E-state index < -0.39 is 0 Å². The van der Waals surface area contributed by atoms with Crippen molar-refractivity contribution in [1.82, 2.24) is 9.78 Å². The van der Waals surface area contributed by atoms with E-state index >= 15 is 0 Å². The van der Waals surface area contributed by atoms with E-state index in [9.17, 15) is 4.79 Å². The molecule has 2 aromatic rings. The number of rotatable bonds is 1. The van der Waals surface area contributed by atoms with Crippen LogP contribution >= 0.6 is 11.6 Å². The van der Waals surface area contributed by atoms with Crippen molar-refractivity contribution in [3.8, 4) is 5.69 Å². The van der Waals surface area contributed by atoms with Crippen LogP contribution in [0.25, 0.3) is 5.69 Å². The molecule has 0 fully saturated rings. The van der Waals surface area contributed by atoms with Gasteiger partial charge in [-0.05, 0) is 24.3 Å². The lowest BCUT2D eigenvalue weighted by atomic mass is 10.3. The molecule has 0 spiro atoms. The van der Waals surface area contributed by atoms with Crippen LogP contribution in [0.3, 0.4) is 0 Å². The first-order chi connectivity index (χ1) is 6.25. The summed E-state index contributed by atoms with van der Waals surface area (Å²) in [7, 11) is 0. The van der Waals surface area contributed by atoms with Gasteiger partial charge in [0.1, 0.15) is 0 Å². The average molecular weight is 195 g/mol. The molecule has 0 unspecified atom stereocenters. The van der Waals surface area contributed by atoms with Gasteiger partial charge in [-0.25, -0.2) is 0 Å². The predicted octanol–water partition coefficient (Wildman–Crippen LogP) is 1.82. The van der Waals surface area contributed by atoms with E-state index in [0.717, 1.165) is 5.69 Å². The second-order valence-corrected chi connectivity index (χ2v) is 3.07. The Bertz CT molecular complexity index is 455. The minimum absolute atomic E-state index is 0.116. The lowest BCUT2D eigenvalue weighted by Crippen LogP contribution is -2.02. The van der Waals surface area contributed by atoms with Crippen LogP contribution in [-0.2, 0) is 0 Å². The van der Waals surface area contributed by atoms with E-state index in [0.29, 0.717) is 5.02 Å². The molecule has 0 aliphatic heterocycles. The Morgan fingerprint density at radius 2 is 1.85 bits per heavy atom. The van der Waals surface area contributed by atoms with Gasteiger partial charge in [0, 0.05) is 17.3 Å². The summed E-state index contributed by atoms with van der Waals surface area (Å²) in [5.74, 6) is 0. The van der Waals surface area contributed by atoms with Crippen LogP contribution in [0, 0.1) is 0 Å². The fraction of sp³-hybridized carbons (Fsp3) is 0. The van der Waals surface area contributed by atoms with Crippen molar-refractivity contribution in [2.75, 3.05) is 0 Å². The van der Waals surface area contributed by atoms with Gasteiger partial charge in [-0.2, -0.15) is 0 Å². The Morgan fingerprint density at radius 1 is 1.15 bits per heavy atom. The van der Waals surface area contributed by atoms with Crippen molar-refractivity contribution in [1.29, 1.82) is 0 Å². The highest BCUT2D eigenvalue weighted by molar-refractivity contribution is 6.30. The average Bonchev–Trinajstić information content (AvgIpc) is 2.53. The number of nitrogens with one attached hydrogen (secondary N) is 1. The van der Waals surface area contributed by atoms with E-state index in [4.69, 9.17) is 11.6 Å². The summed E-state index contributed by atoms with van der Waals surface area (Å²) in [6.45, 7) is 0. The van der Waals surface area contributed by atoms with Crippen molar-refractivity contribution in [3.63, 3.8) is 0 Å². The van der Waals surface area contributed by atoms with Gasteiger partial charge < -0.3 is 0 Å². The molecule has 66 valence electrons. The molecule has 0 aliphatic rings. The van der Waals surface area contributed by atoms with Crippen LogP contribution in [0.15, 0.2) is 41.3 Å². The highest BCUT2D eigenvalue weighted by Gasteiger charge is 1.95. The molecule has 0 saturated heterocycles. The van der Waals surface area contributed by atoms with Gasteiger partial charge in [0.15, 0.2) is 0 Å². The van der Waals surface area contributed by atoms with Crippen molar-refractivity contribution in [2.45, 2.75) is 0 Å². The Labute approximate surface area is 79.6 Å². The van der Waals surface area contributed by atoms with Crippen LogP contribution in [0.2, 0.25) is 5.02 Å². The zero-order chi connectivity index (χ0) is 9.26. The number of benzene rings is 1. The van der Waals surface area contributed by atoms with Crippen LogP contribution in [0.1, 0.15) is 0 Å². The third kappa shape index (κ3) is 1.65. The van der Waals surface area contributed by atoms with Gasteiger partial charge in [0.25, 0.3) is 5.56 Å². The lowest BCUT2D eigenvalue weighted by Gasteiger charge is -2.00. The Balaban J connectivity index is 2.47. The molecule has 0 bridgehead atoms.